The van der Waals surface area contributed by atoms with Crippen LogP contribution in [0.2, 0.25) is 0 Å². The summed E-state index contributed by atoms with van der Waals surface area (Å²) in [5, 5.41) is 3.42. The Balaban J connectivity index is 1.65. The Morgan fingerprint density at radius 3 is 2.64 bits per heavy atom. The molecule has 2 heterocycles. The van der Waals surface area contributed by atoms with Crippen molar-refractivity contribution >= 4 is 10.2 Å². The monoisotopic (exact) mass is 323 g/mol. The van der Waals surface area contributed by atoms with Crippen molar-refractivity contribution in [2.45, 2.75) is 38.1 Å². The molecule has 2 N–H and O–H groups in total. The van der Waals surface area contributed by atoms with Gasteiger partial charge in [-0.05, 0) is 36.9 Å². The molecule has 1 saturated heterocycles. The molecule has 0 radical (unpaired) electrons. The molecule has 2 aliphatic rings. The maximum absolute atomic E-state index is 12.5. The molecule has 1 aromatic carbocycles. The predicted octanol–water partition coefficient (Wildman–Crippen LogP) is 1.58. The highest BCUT2D eigenvalue weighted by atomic mass is 32.2. The van der Waals surface area contributed by atoms with Crippen molar-refractivity contribution < 1.29 is 8.42 Å². The summed E-state index contributed by atoms with van der Waals surface area (Å²) in [6, 6.07) is 8.34. The highest BCUT2D eigenvalue weighted by Crippen LogP contribution is 2.22. The molecular formula is C16H25N3O2S. The maximum Gasteiger partial charge on any atom is 0.279 e. The quantitative estimate of drug-likeness (QED) is 0.884. The molecule has 122 valence electrons. The average molecular weight is 323 g/mol. The van der Waals surface area contributed by atoms with E-state index in [4.69, 9.17) is 0 Å². The Hall–Kier alpha value is -0.950. The largest absolute Gasteiger partial charge is 0.308 e. The van der Waals surface area contributed by atoms with Crippen molar-refractivity contribution in [3.05, 3.63) is 35.4 Å². The zero-order valence-electron chi connectivity index (χ0n) is 12.9. The van der Waals surface area contributed by atoms with Crippen molar-refractivity contribution in [1.29, 1.82) is 0 Å². The van der Waals surface area contributed by atoms with E-state index >= 15 is 0 Å². The zero-order valence-corrected chi connectivity index (χ0v) is 13.7. The highest BCUT2D eigenvalue weighted by molar-refractivity contribution is 7.87. The van der Waals surface area contributed by atoms with Gasteiger partial charge in [-0.25, -0.2) is 4.72 Å². The van der Waals surface area contributed by atoms with Gasteiger partial charge in [-0.3, -0.25) is 0 Å². The van der Waals surface area contributed by atoms with Gasteiger partial charge in [0.25, 0.3) is 10.2 Å². The fourth-order valence-electron chi connectivity index (χ4n) is 3.34. The van der Waals surface area contributed by atoms with Gasteiger partial charge in [0.05, 0.1) is 0 Å². The minimum Gasteiger partial charge on any atom is -0.308 e. The lowest BCUT2D eigenvalue weighted by molar-refractivity contribution is 0.407. The van der Waals surface area contributed by atoms with Gasteiger partial charge in [0.2, 0.25) is 0 Å². The van der Waals surface area contributed by atoms with Crippen molar-refractivity contribution in [3.8, 4) is 0 Å². The molecule has 5 nitrogen and oxygen atoms in total. The summed E-state index contributed by atoms with van der Waals surface area (Å²) in [7, 11) is -3.37. The fourth-order valence-corrected chi connectivity index (χ4v) is 4.64. The molecule has 0 saturated carbocycles. The molecule has 0 aromatic heterocycles. The molecule has 3 rings (SSSR count). The van der Waals surface area contributed by atoms with Crippen LogP contribution in [0.15, 0.2) is 24.3 Å². The van der Waals surface area contributed by atoms with Crippen LogP contribution in [0.3, 0.4) is 0 Å². The minimum atomic E-state index is -3.37. The van der Waals surface area contributed by atoms with E-state index < -0.39 is 10.2 Å². The first-order valence-corrected chi connectivity index (χ1v) is 9.67. The van der Waals surface area contributed by atoms with Crippen LogP contribution in [0, 0.1) is 0 Å². The maximum atomic E-state index is 12.5. The van der Waals surface area contributed by atoms with Crippen LogP contribution in [-0.4, -0.2) is 38.9 Å². The second kappa shape index (κ2) is 7.08. The van der Waals surface area contributed by atoms with Gasteiger partial charge >= 0.3 is 0 Å². The normalized spacial score (nSPS) is 23.7. The highest BCUT2D eigenvalue weighted by Gasteiger charge is 2.25. The summed E-state index contributed by atoms with van der Waals surface area (Å²) in [6.45, 7) is 2.59. The lowest BCUT2D eigenvalue weighted by atomic mass is 9.95. The van der Waals surface area contributed by atoms with Crippen molar-refractivity contribution in [1.82, 2.24) is 14.3 Å². The van der Waals surface area contributed by atoms with Gasteiger partial charge in [0.1, 0.15) is 0 Å². The molecule has 0 spiro atoms. The Labute approximate surface area is 133 Å². The summed E-state index contributed by atoms with van der Waals surface area (Å²) in [4.78, 5) is 0. The third-order valence-corrected chi connectivity index (χ3v) is 6.17. The van der Waals surface area contributed by atoms with Crippen LogP contribution in [-0.2, 0) is 16.6 Å². The van der Waals surface area contributed by atoms with Gasteiger partial charge in [-0.15, -0.1) is 0 Å². The molecule has 2 aliphatic heterocycles. The Kier molecular flexibility index (Phi) is 5.13. The minimum absolute atomic E-state index is 0.0618. The van der Waals surface area contributed by atoms with Crippen LogP contribution in [0.5, 0.6) is 0 Å². The predicted molar refractivity (Wildman–Crippen MR) is 87.9 cm³/mol. The van der Waals surface area contributed by atoms with E-state index in [0.717, 1.165) is 38.6 Å². The van der Waals surface area contributed by atoms with E-state index in [1.165, 1.54) is 11.1 Å². The molecule has 0 aliphatic carbocycles. The summed E-state index contributed by atoms with van der Waals surface area (Å²) >= 11 is 0. The number of benzene rings is 1. The second-order valence-corrected chi connectivity index (χ2v) is 7.88. The molecule has 1 aromatic rings. The summed E-state index contributed by atoms with van der Waals surface area (Å²) in [5.41, 5.74) is 2.53. The first-order valence-electron chi connectivity index (χ1n) is 8.23. The SMILES string of the molecule is O=S(=O)(NCC1NCCc2ccccc21)N1CCCCCC1. The van der Waals surface area contributed by atoms with Crippen LogP contribution >= 0.6 is 0 Å². The van der Waals surface area contributed by atoms with E-state index in [0.29, 0.717) is 19.6 Å². The Morgan fingerprint density at radius 2 is 1.86 bits per heavy atom. The van der Waals surface area contributed by atoms with Gasteiger partial charge in [0.15, 0.2) is 0 Å². The molecule has 0 amide bonds. The third-order valence-electron chi connectivity index (χ3n) is 4.59. The van der Waals surface area contributed by atoms with Crippen LogP contribution in [0.1, 0.15) is 42.9 Å². The smallest absolute Gasteiger partial charge is 0.279 e. The molecule has 22 heavy (non-hydrogen) atoms. The Bertz CT molecular complexity index is 595. The van der Waals surface area contributed by atoms with Crippen LogP contribution < -0.4 is 10.0 Å². The van der Waals surface area contributed by atoms with Gasteiger partial charge < -0.3 is 5.32 Å². The standard InChI is InChI=1S/C16H25N3O2S/c20-22(21,19-11-5-1-2-6-12-19)18-13-16-15-8-4-3-7-14(15)9-10-17-16/h3-4,7-8,16-18H,1-2,5-6,9-13H2. The van der Waals surface area contributed by atoms with E-state index in [-0.39, 0.29) is 6.04 Å². The first-order chi connectivity index (χ1) is 10.7. The summed E-state index contributed by atoms with van der Waals surface area (Å²) in [5.74, 6) is 0. The van der Waals surface area contributed by atoms with E-state index in [2.05, 4.69) is 22.2 Å². The number of hydrogen-bond donors (Lipinski definition) is 2. The molecule has 1 fully saturated rings. The van der Waals surface area contributed by atoms with Crippen molar-refractivity contribution in [2.24, 2.45) is 0 Å². The van der Waals surface area contributed by atoms with Crippen LogP contribution in [0.4, 0.5) is 0 Å². The lowest BCUT2D eigenvalue weighted by Crippen LogP contribution is -2.45. The van der Waals surface area contributed by atoms with Gasteiger partial charge in [-0.2, -0.15) is 12.7 Å². The number of nitrogens with zero attached hydrogens (tertiary/aromatic N) is 1. The number of hydrogen-bond acceptors (Lipinski definition) is 3. The molecule has 6 heteroatoms. The molecular weight excluding hydrogens is 298 g/mol. The number of fused-ring (bicyclic) bond motifs is 1. The van der Waals surface area contributed by atoms with Crippen LogP contribution in [0.25, 0.3) is 0 Å². The third kappa shape index (κ3) is 3.68. The van der Waals surface area contributed by atoms with E-state index in [1.54, 1.807) is 4.31 Å². The van der Waals surface area contributed by atoms with E-state index in [1.807, 2.05) is 12.1 Å². The second-order valence-electron chi connectivity index (χ2n) is 6.12. The number of nitrogens with one attached hydrogen (secondary N) is 2. The molecule has 1 atom stereocenters. The Morgan fingerprint density at radius 1 is 1.14 bits per heavy atom. The first kappa shape index (κ1) is 15.9. The van der Waals surface area contributed by atoms with Crippen molar-refractivity contribution in [3.63, 3.8) is 0 Å². The molecule has 0 bridgehead atoms. The average Bonchev–Trinajstić information content (AvgIpc) is 2.83. The topological polar surface area (TPSA) is 61.4 Å². The lowest BCUT2D eigenvalue weighted by Gasteiger charge is -2.28. The molecule has 1 unspecified atom stereocenters. The zero-order chi connectivity index (χ0) is 15.4. The fraction of sp³-hybridized carbons (Fsp3) is 0.625. The van der Waals surface area contributed by atoms with Gasteiger partial charge in [-0.1, -0.05) is 37.1 Å². The van der Waals surface area contributed by atoms with Gasteiger partial charge in [0, 0.05) is 25.7 Å². The van der Waals surface area contributed by atoms with Crippen molar-refractivity contribution in [2.75, 3.05) is 26.2 Å². The summed E-state index contributed by atoms with van der Waals surface area (Å²) < 4.78 is 29.4. The van der Waals surface area contributed by atoms with E-state index in [9.17, 15) is 8.42 Å². The summed E-state index contributed by atoms with van der Waals surface area (Å²) in [6.07, 6.45) is 5.19. The number of rotatable bonds is 4.